The Morgan fingerprint density at radius 1 is 0.205 bits per heavy atom. The van der Waals surface area contributed by atoms with Crippen molar-refractivity contribution in [1.82, 2.24) is 0 Å². The topological polar surface area (TPSA) is 6.48 Å². The number of nitrogens with zero attached hydrogens (tertiary/aromatic N) is 2. The molecule has 2 heterocycles. The molecular weight excluding hydrogens is 1000 g/mol. The van der Waals surface area contributed by atoms with Gasteiger partial charge in [-0.25, -0.2) is 0 Å². The fourth-order valence-electron chi connectivity index (χ4n) is 13.8. The Balaban J connectivity index is 1.08. The third kappa shape index (κ3) is 7.88. The van der Waals surface area contributed by atoms with Gasteiger partial charge in [0.25, 0.3) is 6.71 Å². The van der Waals surface area contributed by atoms with Gasteiger partial charge in [0.15, 0.2) is 0 Å². The third-order valence-corrected chi connectivity index (χ3v) is 17.2. The Morgan fingerprint density at radius 3 is 0.880 bits per heavy atom. The van der Waals surface area contributed by atoms with E-state index in [9.17, 15) is 0 Å². The Bertz CT molecular complexity index is 4420. The van der Waals surface area contributed by atoms with Crippen LogP contribution in [0, 0.1) is 0 Å². The molecule has 16 rings (SSSR count). The van der Waals surface area contributed by atoms with Gasteiger partial charge in [-0.3, -0.25) is 0 Å². The van der Waals surface area contributed by atoms with Crippen molar-refractivity contribution in [3.8, 4) is 77.9 Å². The lowest BCUT2D eigenvalue weighted by Crippen LogP contribution is -2.61. The van der Waals surface area contributed by atoms with Gasteiger partial charge < -0.3 is 9.80 Å². The summed E-state index contributed by atoms with van der Waals surface area (Å²) in [6.45, 7) is -0.104. The van der Waals surface area contributed by atoms with Crippen LogP contribution in [0.4, 0.5) is 34.1 Å². The molecule has 2 nitrogen and oxygen atoms in total. The average Bonchev–Trinajstić information content (AvgIpc) is 1.76. The van der Waals surface area contributed by atoms with Crippen LogP contribution >= 0.6 is 0 Å². The highest BCUT2D eigenvalue weighted by Crippen LogP contribution is 2.55. The number of benzene rings is 14. The van der Waals surface area contributed by atoms with Crippen LogP contribution in [0.1, 0.15) is 0 Å². The van der Waals surface area contributed by atoms with Crippen LogP contribution < -0.4 is 26.2 Å². The van der Waals surface area contributed by atoms with Crippen LogP contribution in [0.5, 0.6) is 0 Å². The van der Waals surface area contributed by atoms with Crippen molar-refractivity contribution in [3.05, 3.63) is 322 Å². The summed E-state index contributed by atoms with van der Waals surface area (Å²) in [5.41, 5.74) is 27.1. The first-order valence-electron chi connectivity index (χ1n) is 28.8. The zero-order valence-corrected chi connectivity index (χ0v) is 45.6. The van der Waals surface area contributed by atoms with Gasteiger partial charge in [0, 0.05) is 45.0 Å². The number of hydrogen-bond donors (Lipinski definition) is 0. The first kappa shape index (κ1) is 48.2. The predicted octanol–water partition coefficient (Wildman–Crippen LogP) is 19.7. The molecular formula is C80H53BN2. The Kier molecular flexibility index (Phi) is 11.7. The fraction of sp³-hybridized carbons (Fsp3) is 0. The Labute approximate surface area is 485 Å². The molecule has 14 aromatic rings. The molecule has 0 spiro atoms. The molecule has 386 valence electrons. The molecule has 2 aliphatic heterocycles. The van der Waals surface area contributed by atoms with E-state index in [-0.39, 0.29) is 6.71 Å². The zero-order valence-electron chi connectivity index (χ0n) is 45.6. The maximum Gasteiger partial charge on any atom is 0.252 e. The number of anilines is 6. The van der Waals surface area contributed by atoms with E-state index in [1.165, 1.54) is 65.8 Å². The van der Waals surface area contributed by atoms with E-state index in [4.69, 9.17) is 0 Å². The standard InChI is InChI=1S/C80H53BN2/c1-6-28-54(29-7-1)60-38-16-17-39-65(60)77-68-42-20-18-40-66(68)76(67-41-19-21-43-69(67)77)59-52-74-78-75(53-59)83(80-63(57-34-12-4-13-35-57)46-27-47-64(80)58-36-14-5-15-37-58)73-51-25-23-49-71(73)81(78)70-48-22-24-50-72(70)82(74)79-61(55-30-8-2-9-31-55)44-26-45-62(79)56-32-10-3-11-33-56/h1-53H. The third-order valence-electron chi connectivity index (χ3n) is 17.2. The summed E-state index contributed by atoms with van der Waals surface area (Å²) in [6, 6.07) is 119. The van der Waals surface area contributed by atoms with E-state index in [1.807, 2.05) is 0 Å². The smallest absolute Gasteiger partial charge is 0.252 e. The van der Waals surface area contributed by atoms with Crippen molar-refractivity contribution in [2.45, 2.75) is 0 Å². The summed E-state index contributed by atoms with van der Waals surface area (Å²) >= 11 is 0. The van der Waals surface area contributed by atoms with E-state index in [0.717, 1.165) is 84.2 Å². The highest BCUT2D eigenvalue weighted by atomic mass is 15.2. The molecule has 0 unspecified atom stereocenters. The second-order valence-electron chi connectivity index (χ2n) is 21.8. The monoisotopic (exact) mass is 1050 g/mol. The van der Waals surface area contributed by atoms with E-state index < -0.39 is 0 Å². The molecule has 0 aliphatic carbocycles. The van der Waals surface area contributed by atoms with Crippen LogP contribution in [-0.2, 0) is 0 Å². The first-order chi connectivity index (χ1) is 41.3. The average molecular weight is 1050 g/mol. The maximum atomic E-state index is 2.64. The van der Waals surface area contributed by atoms with Crippen LogP contribution in [0.15, 0.2) is 322 Å². The molecule has 0 N–H and O–H groups in total. The quantitative estimate of drug-likeness (QED) is 0.105. The van der Waals surface area contributed by atoms with Crippen molar-refractivity contribution in [3.63, 3.8) is 0 Å². The fourth-order valence-corrected chi connectivity index (χ4v) is 13.8. The van der Waals surface area contributed by atoms with Crippen molar-refractivity contribution in [1.29, 1.82) is 0 Å². The normalized spacial score (nSPS) is 12.3. The van der Waals surface area contributed by atoms with Crippen molar-refractivity contribution in [2.75, 3.05) is 9.80 Å². The van der Waals surface area contributed by atoms with Crippen molar-refractivity contribution in [2.24, 2.45) is 0 Å². The lowest BCUT2D eigenvalue weighted by Gasteiger charge is -2.46. The number of hydrogen-bond acceptors (Lipinski definition) is 2. The molecule has 0 saturated carbocycles. The van der Waals surface area contributed by atoms with Gasteiger partial charge in [0.1, 0.15) is 0 Å². The van der Waals surface area contributed by atoms with Crippen LogP contribution in [-0.4, -0.2) is 6.71 Å². The van der Waals surface area contributed by atoms with Gasteiger partial charge in [-0.2, -0.15) is 0 Å². The van der Waals surface area contributed by atoms with Gasteiger partial charge in [-0.05, 0) is 118 Å². The summed E-state index contributed by atoms with van der Waals surface area (Å²) in [5.74, 6) is 0. The second-order valence-corrected chi connectivity index (χ2v) is 21.8. The minimum atomic E-state index is -0.104. The maximum absolute atomic E-state index is 2.64. The molecule has 0 amide bonds. The van der Waals surface area contributed by atoms with E-state index in [2.05, 4.69) is 331 Å². The molecule has 0 bridgehead atoms. The van der Waals surface area contributed by atoms with Crippen molar-refractivity contribution >= 4 is 78.8 Å². The lowest BCUT2D eigenvalue weighted by atomic mass is 9.33. The highest BCUT2D eigenvalue weighted by Gasteiger charge is 2.45. The zero-order chi connectivity index (χ0) is 54.8. The van der Waals surface area contributed by atoms with Crippen LogP contribution in [0.2, 0.25) is 0 Å². The Hall–Kier alpha value is -10.7. The van der Waals surface area contributed by atoms with Gasteiger partial charge in [0.2, 0.25) is 0 Å². The summed E-state index contributed by atoms with van der Waals surface area (Å²) < 4.78 is 0. The highest BCUT2D eigenvalue weighted by molar-refractivity contribution is 7.00. The molecule has 0 fully saturated rings. The lowest BCUT2D eigenvalue weighted by molar-refractivity contribution is 1.25. The number of fused-ring (bicyclic) bond motifs is 6. The van der Waals surface area contributed by atoms with Crippen LogP contribution in [0.3, 0.4) is 0 Å². The number of rotatable bonds is 9. The molecule has 3 heteroatoms. The summed E-state index contributed by atoms with van der Waals surface area (Å²) in [6.07, 6.45) is 0. The molecule has 0 radical (unpaired) electrons. The summed E-state index contributed by atoms with van der Waals surface area (Å²) in [7, 11) is 0. The molecule has 0 aromatic heterocycles. The SMILES string of the molecule is c1ccc(-c2ccccc2-c2c3ccccc3c(-c3cc4c5c(c3)N(c3c(-c6ccccc6)cccc3-c3ccccc3)c3ccccc3B5c3ccccc3N4c3c(-c4ccccc4)cccc3-c3ccccc3)c3ccccc23)cc1. The van der Waals surface area contributed by atoms with Gasteiger partial charge in [-0.1, -0.05) is 297 Å². The van der Waals surface area contributed by atoms with E-state index in [0.29, 0.717) is 0 Å². The van der Waals surface area contributed by atoms with E-state index >= 15 is 0 Å². The molecule has 2 aliphatic rings. The summed E-state index contributed by atoms with van der Waals surface area (Å²) in [4.78, 5) is 5.28. The summed E-state index contributed by atoms with van der Waals surface area (Å²) in [5, 5.41) is 4.81. The predicted molar refractivity (Wildman–Crippen MR) is 354 cm³/mol. The van der Waals surface area contributed by atoms with Gasteiger partial charge >= 0.3 is 0 Å². The molecule has 0 atom stereocenters. The Morgan fingerprint density at radius 2 is 0.494 bits per heavy atom. The van der Waals surface area contributed by atoms with Crippen LogP contribution in [0.25, 0.3) is 99.4 Å². The van der Waals surface area contributed by atoms with Gasteiger partial charge in [-0.15, -0.1) is 0 Å². The first-order valence-corrected chi connectivity index (χ1v) is 28.8. The molecule has 14 aromatic carbocycles. The van der Waals surface area contributed by atoms with Crippen molar-refractivity contribution < 1.29 is 0 Å². The second kappa shape index (κ2) is 20.1. The van der Waals surface area contributed by atoms with Gasteiger partial charge in [0.05, 0.1) is 11.4 Å². The minimum Gasteiger partial charge on any atom is -0.310 e. The molecule has 0 saturated heterocycles. The van der Waals surface area contributed by atoms with E-state index in [1.54, 1.807) is 0 Å². The largest absolute Gasteiger partial charge is 0.310 e. The minimum absolute atomic E-state index is 0.104. The number of para-hydroxylation sites is 4. The molecule has 83 heavy (non-hydrogen) atoms.